The van der Waals surface area contributed by atoms with Crippen LogP contribution in [0.1, 0.15) is 13.8 Å². The minimum atomic E-state index is 0.0456. The third-order valence-corrected chi connectivity index (χ3v) is 5.88. The summed E-state index contributed by atoms with van der Waals surface area (Å²) in [5, 5.41) is 28.4. The fourth-order valence-electron chi connectivity index (χ4n) is 4.49. The molecule has 9 nitrogen and oxygen atoms in total. The molecule has 9 heteroatoms. The number of hydrogen-bond donors (Lipinski definition) is 2. The van der Waals surface area contributed by atoms with Gasteiger partial charge in [0.15, 0.2) is 5.82 Å². The first-order valence-electron chi connectivity index (χ1n) is 11.0. The lowest BCUT2D eigenvalue weighted by Gasteiger charge is -2.36. The number of aryl methyl sites for hydroxylation is 1. The molecule has 1 saturated heterocycles. The first-order valence-corrected chi connectivity index (χ1v) is 11.0. The number of benzene rings is 1. The lowest BCUT2D eigenvalue weighted by Crippen LogP contribution is -2.54. The summed E-state index contributed by atoms with van der Waals surface area (Å²) in [5.74, 6) is 1.54. The third-order valence-electron chi connectivity index (χ3n) is 5.88. The predicted octanol–water partition coefficient (Wildman–Crippen LogP) is 2.99. The van der Waals surface area contributed by atoms with Gasteiger partial charge < -0.3 is 20.1 Å². The summed E-state index contributed by atoms with van der Waals surface area (Å²) < 4.78 is 7.27. The molecule has 4 aromatic rings. The molecule has 33 heavy (non-hydrogen) atoms. The van der Waals surface area contributed by atoms with E-state index < -0.39 is 0 Å². The first kappa shape index (κ1) is 21.1. The molecular formula is C24H27N7O2. The largest absolute Gasteiger partial charge is 0.506 e. The zero-order chi connectivity index (χ0) is 23.1. The van der Waals surface area contributed by atoms with Crippen LogP contribution in [0.2, 0.25) is 0 Å². The summed E-state index contributed by atoms with van der Waals surface area (Å²) in [6.07, 6.45) is 3.65. The van der Waals surface area contributed by atoms with Crippen LogP contribution >= 0.6 is 0 Å². The highest BCUT2D eigenvalue weighted by Gasteiger charge is 2.22. The highest BCUT2D eigenvalue weighted by Crippen LogP contribution is 2.35. The van der Waals surface area contributed by atoms with Crippen molar-refractivity contribution >= 4 is 16.7 Å². The maximum absolute atomic E-state index is 10.7. The lowest BCUT2D eigenvalue weighted by atomic mass is 10.0. The van der Waals surface area contributed by atoms with Crippen molar-refractivity contribution in [3.05, 3.63) is 42.7 Å². The summed E-state index contributed by atoms with van der Waals surface area (Å²) in [7, 11) is 3.49. The molecule has 1 aliphatic rings. The van der Waals surface area contributed by atoms with Gasteiger partial charge in [0, 0.05) is 55.6 Å². The summed E-state index contributed by atoms with van der Waals surface area (Å²) in [5.41, 5.74) is 3.37. The molecule has 1 aromatic carbocycles. The van der Waals surface area contributed by atoms with Crippen LogP contribution < -0.4 is 15.0 Å². The number of piperazine rings is 1. The number of fused-ring (bicyclic) bond motifs is 1. The summed E-state index contributed by atoms with van der Waals surface area (Å²) in [4.78, 5) is 6.72. The van der Waals surface area contributed by atoms with E-state index in [1.807, 2.05) is 37.5 Å². The molecule has 1 aliphatic heterocycles. The van der Waals surface area contributed by atoms with Gasteiger partial charge in [0.2, 0.25) is 0 Å². The Balaban J connectivity index is 1.43. The molecule has 4 heterocycles. The highest BCUT2D eigenvalue weighted by atomic mass is 16.5. The Kier molecular flexibility index (Phi) is 5.33. The second-order valence-corrected chi connectivity index (χ2v) is 8.66. The Morgan fingerprint density at radius 1 is 1.06 bits per heavy atom. The fraction of sp³-hybridized carbons (Fsp3) is 0.333. The van der Waals surface area contributed by atoms with Gasteiger partial charge in [-0.1, -0.05) is 0 Å². The van der Waals surface area contributed by atoms with Crippen molar-refractivity contribution in [2.75, 3.05) is 25.1 Å². The number of pyridine rings is 1. The Hall–Kier alpha value is -3.72. The van der Waals surface area contributed by atoms with E-state index in [0.29, 0.717) is 29.2 Å². The number of anilines is 1. The minimum absolute atomic E-state index is 0.0456. The van der Waals surface area contributed by atoms with Crippen molar-refractivity contribution in [1.82, 2.24) is 30.3 Å². The predicted molar refractivity (Wildman–Crippen MR) is 127 cm³/mol. The van der Waals surface area contributed by atoms with Crippen molar-refractivity contribution < 1.29 is 9.84 Å². The topological polar surface area (TPSA) is 101 Å². The van der Waals surface area contributed by atoms with Gasteiger partial charge in [-0.15, -0.1) is 10.2 Å². The SMILES string of the molecule is COc1cc(-c2cnc(-c3ccc(N4CC(C)N[C@@H](C)C4)nn3)c(O)c2)cc2cn(C)nc12. The zero-order valence-corrected chi connectivity index (χ0v) is 19.1. The summed E-state index contributed by atoms with van der Waals surface area (Å²) in [6.45, 7) is 6.08. The molecule has 0 bridgehead atoms. The van der Waals surface area contributed by atoms with Crippen molar-refractivity contribution in [3.8, 4) is 34.0 Å². The van der Waals surface area contributed by atoms with Crippen LogP contribution in [0.4, 0.5) is 5.82 Å². The maximum atomic E-state index is 10.7. The Morgan fingerprint density at radius 3 is 2.52 bits per heavy atom. The van der Waals surface area contributed by atoms with E-state index in [9.17, 15) is 5.11 Å². The van der Waals surface area contributed by atoms with E-state index in [1.165, 1.54) is 0 Å². The standard InChI is InChI=1S/C24H27N7O2/c1-14-11-31(12-15(2)26-14)22-6-5-19(27-28-22)24-20(32)8-17(10-25-24)16-7-18-13-30(3)29-23(18)21(9-16)33-4/h5-10,13-15,26,32H,11-12H2,1-4H3/t14-,15?/m0/s1. The molecule has 2 atom stereocenters. The van der Waals surface area contributed by atoms with Gasteiger partial charge in [-0.25, -0.2) is 4.98 Å². The van der Waals surface area contributed by atoms with Crippen molar-refractivity contribution in [1.29, 1.82) is 0 Å². The van der Waals surface area contributed by atoms with Crippen molar-refractivity contribution in [2.45, 2.75) is 25.9 Å². The maximum Gasteiger partial charge on any atom is 0.151 e. The monoisotopic (exact) mass is 445 g/mol. The Bertz CT molecular complexity index is 1290. The van der Waals surface area contributed by atoms with Crippen LogP contribution in [-0.4, -0.2) is 62.4 Å². The van der Waals surface area contributed by atoms with Crippen LogP contribution in [0.15, 0.2) is 42.7 Å². The average Bonchev–Trinajstić information content (AvgIpc) is 3.18. The van der Waals surface area contributed by atoms with Gasteiger partial charge in [-0.3, -0.25) is 4.68 Å². The number of hydrogen-bond acceptors (Lipinski definition) is 8. The molecule has 5 rings (SSSR count). The van der Waals surface area contributed by atoms with E-state index in [-0.39, 0.29) is 5.75 Å². The third kappa shape index (κ3) is 4.07. The molecular weight excluding hydrogens is 418 g/mol. The molecule has 170 valence electrons. The van der Waals surface area contributed by atoms with Crippen LogP contribution in [0, 0.1) is 0 Å². The molecule has 0 aliphatic carbocycles. The van der Waals surface area contributed by atoms with Crippen LogP contribution in [0.5, 0.6) is 11.5 Å². The molecule has 0 radical (unpaired) electrons. The van der Waals surface area contributed by atoms with Crippen LogP contribution in [-0.2, 0) is 7.05 Å². The van der Waals surface area contributed by atoms with Gasteiger partial charge in [-0.05, 0) is 49.7 Å². The number of rotatable bonds is 4. The molecule has 0 spiro atoms. The summed E-state index contributed by atoms with van der Waals surface area (Å²) in [6, 6.07) is 10.2. The van der Waals surface area contributed by atoms with E-state index in [2.05, 4.69) is 44.3 Å². The van der Waals surface area contributed by atoms with Crippen LogP contribution in [0.3, 0.4) is 0 Å². The van der Waals surface area contributed by atoms with Gasteiger partial charge >= 0.3 is 0 Å². The van der Waals surface area contributed by atoms with Gasteiger partial charge in [-0.2, -0.15) is 5.10 Å². The molecule has 2 N–H and O–H groups in total. The normalized spacial score (nSPS) is 18.6. The van der Waals surface area contributed by atoms with Crippen molar-refractivity contribution in [2.24, 2.45) is 7.05 Å². The molecule has 0 amide bonds. The molecule has 0 saturated carbocycles. The first-order chi connectivity index (χ1) is 15.9. The van der Waals surface area contributed by atoms with Crippen LogP contribution in [0.25, 0.3) is 33.4 Å². The fourth-order valence-corrected chi connectivity index (χ4v) is 4.49. The molecule has 1 fully saturated rings. The molecule has 1 unspecified atom stereocenters. The second kappa shape index (κ2) is 8.32. The van der Waals surface area contributed by atoms with E-state index in [1.54, 1.807) is 24.1 Å². The lowest BCUT2D eigenvalue weighted by molar-refractivity contribution is 0.404. The van der Waals surface area contributed by atoms with Crippen molar-refractivity contribution in [3.63, 3.8) is 0 Å². The Morgan fingerprint density at radius 2 is 1.85 bits per heavy atom. The summed E-state index contributed by atoms with van der Waals surface area (Å²) >= 11 is 0. The quantitative estimate of drug-likeness (QED) is 0.494. The molecule has 3 aromatic heterocycles. The average molecular weight is 446 g/mol. The second-order valence-electron chi connectivity index (χ2n) is 8.66. The van der Waals surface area contributed by atoms with E-state index in [0.717, 1.165) is 40.9 Å². The van der Waals surface area contributed by atoms with Gasteiger partial charge in [0.1, 0.15) is 28.4 Å². The Labute approximate surface area is 192 Å². The smallest absolute Gasteiger partial charge is 0.151 e. The number of nitrogens with zero attached hydrogens (tertiary/aromatic N) is 6. The minimum Gasteiger partial charge on any atom is -0.506 e. The highest BCUT2D eigenvalue weighted by molar-refractivity contribution is 5.90. The van der Waals surface area contributed by atoms with Gasteiger partial charge in [0.25, 0.3) is 0 Å². The zero-order valence-electron chi connectivity index (χ0n) is 19.1. The van der Waals surface area contributed by atoms with E-state index in [4.69, 9.17) is 4.74 Å². The number of ether oxygens (including phenoxy) is 1. The number of nitrogens with one attached hydrogen (secondary N) is 1. The van der Waals surface area contributed by atoms with Gasteiger partial charge in [0.05, 0.1) is 7.11 Å². The number of methoxy groups -OCH3 is 1. The number of aromatic hydroxyl groups is 1. The number of aromatic nitrogens is 5. The van der Waals surface area contributed by atoms with E-state index >= 15 is 0 Å².